The molecular weight excluding hydrogens is 324 g/mol. The third kappa shape index (κ3) is 2.85. The van der Waals surface area contributed by atoms with E-state index in [1.54, 1.807) is 12.5 Å². The predicted octanol–water partition coefficient (Wildman–Crippen LogP) is 4.42. The topological polar surface area (TPSA) is 46.3 Å². The van der Waals surface area contributed by atoms with Gasteiger partial charge in [-0.2, -0.15) is 0 Å². The first-order valence-electron chi connectivity index (χ1n) is 9.92. The van der Waals surface area contributed by atoms with Crippen LogP contribution < -0.4 is 0 Å². The van der Waals surface area contributed by atoms with Crippen molar-refractivity contribution in [3.05, 3.63) is 54.2 Å². The van der Waals surface area contributed by atoms with Crippen molar-refractivity contribution in [2.45, 2.75) is 51.6 Å². The van der Waals surface area contributed by atoms with E-state index in [0.29, 0.717) is 19.0 Å². The van der Waals surface area contributed by atoms with E-state index in [1.165, 1.54) is 19.3 Å². The van der Waals surface area contributed by atoms with Gasteiger partial charge in [0.05, 0.1) is 30.5 Å². The average molecular weight is 350 g/mol. The highest BCUT2D eigenvalue weighted by atomic mass is 16.3. The number of rotatable bonds is 5. The van der Waals surface area contributed by atoms with Gasteiger partial charge in [-0.05, 0) is 80.5 Å². The van der Waals surface area contributed by atoms with Crippen LogP contribution in [0, 0.1) is 23.2 Å². The Hall–Kier alpha value is -2.10. The van der Waals surface area contributed by atoms with Gasteiger partial charge in [0.2, 0.25) is 5.91 Å². The smallest absolute Gasteiger partial charge is 0.229 e. The molecule has 0 aromatic carbocycles. The summed E-state index contributed by atoms with van der Waals surface area (Å²) in [6.07, 6.45) is 10.8. The van der Waals surface area contributed by atoms with Gasteiger partial charge < -0.3 is 9.32 Å². The number of amides is 1. The molecule has 4 fully saturated rings. The van der Waals surface area contributed by atoms with Gasteiger partial charge in [0.25, 0.3) is 0 Å². The standard InChI is InChI=1S/C22H26N2O2/c25-21(22-11-16-8-17(12-22)10-18(9-16)13-22)24(15-20-5-3-7-26-20)14-19-4-1-2-6-23-19/h1-7,16-18H,8-15H2. The van der Waals surface area contributed by atoms with Crippen LogP contribution in [0.3, 0.4) is 0 Å². The number of aromatic nitrogens is 1. The lowest BCUT2D eigenvalue weighted by atomic mass is 9.49. The number of furan rings is 1. The van der Waals surface area contributed by atoms with Crippen molar-refractivity contribution in [1.29, 1.82) is 0 Å². The Labute approximate surface area is 154 Å². The van der Waals surface area contributed by atoms with Gasteiger partial charge in [0.1, 0.15) is 5.76 Å². The molecule has 2 aromatic rings. The molecule has 0 saturated heterocycles. The van der Waals surface area contributed by atoms with Crippen LogP contribution in [0.1, 0.15) is 50.0 Å². The van der Waals surface area contributed by atoms with Crippen LogP contribution >= 0.6 is 0 Å². The van der Waals surface area contributed by atoms with Gasteiger partial charge in [-0.15, -0.1) is 0 Å². The van der Waals surface area contributed by atoms with Crippen molar-refractivity contribution >= 4 is 5.91 Å². The van der Waals surface area contributed by atoms with E-state index in [2.05, 4.69) is 4.98 Å². The Morgan fingerprint density at radius 2 is 1.77 bits per heavy atom. The van der Waals surface area contributed by atoms with Crippen molar-refractivity contribution in [3.63, 3.8) is 0 Å². The molecule has 4 heteroatoms. The van der Waals surface area contributed by atoms with Crippen LogP contribution in [0.2, 0.25) is 0 Å². The molecule has 4 bridgehead atoms. The lowest BCUT2D eigenvalue weighted by molar-refractivity contribution is -0.159. The molecule has 136 valence electrons. The zero-order valence-electron chi connectivity index (χ0n) is 15.1. The average Bonchev–Trinajstić information content (AvgIpc) is 3.13. The second-order valence-electron chi connectivity index (χ2n) is 8.76. The fourth-order valence-corrected chi connectivity index (χ4v) is 6.19. The molecule has 2 aromatic heterocycles. The third-order valence-corrected chi connectivity index (χ3v) is 6.78. The summed E-state index contributed by atoms with van der Waals surface area (Å²) in [6.45, 7) is 1.09. The van der Waals surface area contributed by atoms with E-state index in [1.807, 2.05) is 35.2 Å². The first kappa shape index (κ1) is 16.1. The Bertz CT molecular complexity index is 733. The monoisotopic (exact) mass is 350 g/mol. The molecule has 0 atom stereocenters. The van der Waals surface area contributed by atoms with Gasteiger partial charge in [0, 0.05) is 6.20 Å². The quantitative estimate of drug-likeness (QED) is 0.802. The van der Waals surface area contributed by atoms with Crippen molar-refractivity contribution in [1.82, 2.24) is 9.88 Å². The molecule has 0 spiro atoms. The normalized spacial score (nSPS) is 31.9. The molecule has 6 rings (SSSR count). The SMILES string of the molecule is O=C(N(Cc1ccccn1)Cc1ccco1)C12CC3CC(CC(C3)C1)C2. The highest BCUT2D eigenvalue weighted by Crippen LogP contribution is 2.60. The van der Waals surface area contributed by atoms with Crippen molar-refractivity contribution in [2.75, 3.05) is 0 Å². The summed E-state index contributed by atoms with van der Waals surface area (Å²) in [4.78, 5) is 20.2. The second kappa shape index (κ2) is 6.26. The molecule has 4 nitrogen and oxygen atoms in total. The van der Waals surface area contributed by atoms with Crippen LogP contribution in [0.25, 0.3) is 0 Å². The molecule has 0 unspecified atom stereocenters. The van der Waals surface area contributed by atoms with Crippen LogP contribution in [-0.2, 0) is 17.9 Å². The number of pyridine rings is 1. The summed E-state index contributed by atoms with van der Waals surface area (Å²) in [6, 6.07) is 9.76. The van der Waals surface area contributed by atoms with Crippen LogP contribution in [-0.4, -0.2) is 15.8 Å². The number of carbonyl (C=O) groups is 1. The Morgan fingerprint density at radius 1 is 1.04 bits per heavy atom. The first-order valence-corrected chi connectivity index (χ1v) is 9.92. The molecule has 1 amide bonds. The molecule has 4 aliphatic carbocycles. The van der Waals surface area contributed by atoms with Crippen LogP contribution in [0.15, 0.2) is 47.2 Å². The van der Waals surface area contributed by atoms with Crippen LogP contribution in [0.4, 0.5) is 0 Å². The van der Waals surface area contributed by atoms with Crippen LogP contribution in [0.5, 0.6) is 0 Å². The Balaban J connectivity index is 1.43. The van der Waals surface area contributed by atoms with Gasteiger partial charge in [-0.25, -0.2) is 0 Å². The summed E-state index contributed by atoms with van der Waals surface area (Å²) in [5.74, 6) is 3.49. The van der Waals surface area contributed by atoms with Crippen molar-refractivity contribution in [3.8, 4) is 0 Å². The maximum Gasteiger partial charge on any atom is 0.229 e. The fourth-order valence-electron chi connectivity index (χ4n) is 6.19. The number of carbonyl (C=O) groups excluding carboxylic acids is 1. The summed E-state index contributed by atoms with van der Waals surface area (Å²) in [5.41, 5.74) is 0.813. The van der Waals surface area contributed by atoms with E-state index in [4.69, 9.17) is 4.42 Å². The van der Waals surface area contributed by atoms with Crippen molar-refractivity contribution in [2.24, 2.45) is 23.2 Å². The second-order valence-corrected chi connectivity index (χ2v) is 8.76. The number of nitrogens with zero attached hydrogens (tertiary/aromatic N) is 2. The summed E-state index contributed by atoms with van der Waals surface area (Å²) >= 11 is 0. The third-order valence-electron chi connectivity index (χ3n) is 6.78. The van der Waals surface area contributed by atoms with E-state index in [9.17, 15) is 4.79 Å². The maximum atomic E-state index is 13.8. The summed E-state index contributed by atoms with van der Waals surface area (Å²) in [5, 5.41) is 0. The molecule has 0 aliphatic heterocycles. The highest BCUT2D eigenvalue weighted by molar-refractivity contribution is 5.83. The van der Waals surface area contributed by atoms with Gasteiger partial charge in [-0.3, -0.25) is 9.78 Å². The van der Waals surface area contributed by atoms with E-state index < -0.39 is 0 Å². The Morgan fingerprint density at radius 3 is 2.35 bits per heavy atom. The molecule has 0 radical (unpaired) electrons. The fraction of sp³-hybridized carbons (Fsp3) is 0.545. The lowest BCUT2D eigenvalue weighted by Crippen LogP contribution is -2.54. The Kier molecular flexibility index (Phi) is 3.87. The summed E-state index contributed by atoms with van der Waals surface area (Å²) < 4.78 is 5.56. The molecule has 4 saturated carbocycles. The number of hydrogen-bond donors (Lipinski definition) is 0. The van der Waals surface area contributed by atoms with E-state index >= 15 is 0 Å². The molecule has 26 heavy (non-hydrogen) atoms. The number of hydrogen-bond acceptors (Lipinski definition) is 3. The minimum absolute atomic E-state index is 0.129. The van der Waals surface area contributed by atoms with Crippen molar-refractivity contribution < 1.29 is 9.21 Å². The predicted molar refractivity (Wildman–Crippen MR) is 97.8 cm³/mol. The van der Waals surface area contributed by atoms with E-state index in [-0.39, 0.29) is 5.41 Å². The summed E-state index contributed by atoms with van der Waals surface area (Å²) in [7, 11) is 0. The zero-order valence-corrected chi connectivity index (χ0v) is 15.1. The van der Waals surface area contributed by atoms with Gasteiger partial charge in [-0.1, -0.05) is 6.07 Å². The minimum atomic E-state index is -0.129. The molecule has 2 heterocycles. The lowest BCUT2D eigenvalue weighted by Gasteiger charge is -2.56. The van der Waals surface area contributed by atoms with E-state index in [0.717, 1.165) is 48.5 Å². The molecule has 0 N–H and O–H groups in total. The van der Waals surface area contributed by atoms with Gasteiger partial charge >= 0.3 is 0 Å². The minimum Gasteiger partial charge on any atom is -0.467 e. The largest absolute Gasteiger partial charge is 0.467 e. The molecule has 4 aliphatic rings. The zero-order chi connectivity index (χ0) is 17.6. The van der Waals surface area contributed by atoms with Gasteiger partial charge in [0.15, 0.2) is 0 Å². The maximum absolute atomic E-state index is 13.8. The molecular formula is C22H26N2O2. The first-order chi connectivity index (χ1) is 12.7. The highest BCUT2D eigenvalue weighted by Gasteiger charge is 2.55.